The highest BCUT2D eigenvalue weighted by molar-refractivity contribution is 5.22. The molecule has 2 heterocycles. The Morgan fingerprint density at radius 2 is 2.24 bits per heavy atom. The summed E-state index contributed by atoms with van der Waals surface area (Å²) in [6.45, 7) is 3.05. The zero-order chi connectivity index (χ0) is 14.7. The number of nitrogens with zero attached hydrogens (tertiary/aromatic N) is 2. The predicted molar refractivity (Wildman–Crippen MR) is 75.6 cm³/mol. The summed E-state index contributed by atoms with van der Waals surface area (Å²) in [6.07, 6.45) is -0.103. The Hall–Kier alpha value is -1.76. The highest BCUT2D eigenvalue weighted by atomic mass is 16.5. The fourth-order valence-electron chi connectivity index (χ4n) is 2.51. The van der Waals surface area contributed by atoms with Crippen LogP contribution in [0.15, 0.2) is 34.9 Å². The number of benzene rings is 1. The lowest BCUT2D eigenvalue weighted by atomic mass is 10.1. The summed E-state index contributed by atoms with van der Waals surface area (Å²) < 4.78 is 11.1. The van der Waals surface area contributed by atoms with Gasteiger partial charge in [0.25, 0.3) is 0 Å². The third kappa shape index (κ3) is 3.12. The van der Waals surface area contributed by atoms with E-state index in [1.165, 1.54) is 0 Å². The van der Waals surface area contributed by atoms with E-state index in [4.69, 9.17) is 9.26 Å². The molecular formula is C15H19N3O3. The van der Waals surface area contributed by atoms with Crippen LogP contribution >= 0.6 is 0 Å². The number of hydrogen-bond acceptors (Lipinski definition) is 6. The van der Waals surface area contributed by atoms with Crippen LogP contribution in [0.2, 0.25) is 0 Å². The molecule has 0 spiro atoms. The van der Waals surface area contributed by atoms with Crippen LogP contribution in [-0.2, 0) is 4.74 Å². The fraction of sp³-hybridized carbons (Fsp3) is 0.467. The van der Waals surface area contributed by atoms with Crippen molar-refractivity contribution in [2.75, 3.05) is 13.2 Å². The molecule has 1 aromatic heterocycles. The summed E-state index contributed by atoms with van der Waals surface area (Å²) in [5.74, 6) is 1.02. The average Bonchev–Trinajstić information content (AvgIpc) is 3.14. The van der Waals surface area contributed by atoms with Crippen LogP contribution in [0.4, 0.5) is 0 Å². The van der Waals surface area contributed by atoms with Gasteiger partial charge in [0, 0.05) is 13.2 Å². The van der Waals surface area contributed by atoms with E-state index >= 15 is 0 Å². The van der Waals surface area contributed by atoms with Gasteiger partial charge < -0.3 is 19.7 Å². The largest absolute Gasteiger partial charge is 0.392 e. The number of rotatable bonds is 5. The van der Waals surface area contributed by atoms with Gasteiger partial charge in [0.1, 0.15) is 6.10 Å². The van der Waals surface area contributed by atoms with Crippen molar-refractivity contribution in [1.82, 2.24) is 15.5 Å². The van der Waals surface area contributed by atoms with Gasteiger partial charge >= 0.3 is 0 Å². The molecule has 0 amide bonds. The minimum Gasteiger partial charge on any atom is -0.392 e. The van der Waals surface area contributed by atoms with Gasteiger partial charge in [0.15, 0.2) is 0 Å². The van der Waals surface area contributed by atoms with Gasteiger partial charge in [-0.05, 0) is 18.9 Å². The number of hydrogen-bond donors (Lipinski definition) is 2. The topological polar surface area (TPSA) is 80.4 Å². The lowest BCUT2D eigenvalue weighted by molar-refractivity contribution is 0.0833. The van der Waals surface area contributed by atoms with Crippen LogP contribution in [0.25, 0.3) is 0 Å². The maximum Gasteiger partial charge on any atom is 0.243 e. The standard InChI is InChI=1S/C15H19N3O3/c1-2-20-13(10-6-4-3-5-7-10)14-17-15(21-18-14)12-8-11(19)9-16-12/h3-7,11-13,16,19H,2,8-9H2,1H3/t11-,12+,13?/m1/s1. The molecule has 112 valence electrons. The summed E-state index contributed by atoms with van der Waals surface area (Å²) in [5.41, 5.74) is 0.992. The Morgan fingerprint density at radius 3 is 2.90 bits per heavy atom. The molecule has 2 aromatic rings. The first kappa shape index (κ1) is 14.2. The van der Waals surface area contributed by atoms with Crippen LogP contribution in [0.5, 0.6) is 0 Å². The molecule has 1 aliphatic rings. The van der Waals surface area contributed by atoms with Crippen molar-refractivity contribution < 1.29 is 14.4 Å². The minimum atomic E-state index is -0.359. The lowest BCUT2D eigenvalue weighted by Crippen LogP contribution is -2.15. The van der Waals surface area contributed by atoms with Crippen LogP contribution < -0.4 is 5.32 Å². The van der Waals surface area contributed by atoms with Crippen LogP contribution in [-0.4, -0.2) is 34.5 Å². The van der Waals surface area contributed by atoms with Crippen LogP contribution in [0.1, 0.15) is 42.8 Å². The molecule has 1 aromatic carbocycles. The van der Waals surface area contributed by atoms with Crippen LogP contribution in [0, 0.1) is 0 Å². The molecule has 0 saturated carbocycles. The first-order valence-corrected chi connectivity index (χ1v) is 7.19. The molecule has 6 nitrogen and oxygen atoms in total. The fourth-order valence-corrected chi connectivity index (χ4v) is 2.51. The second-order valence-electron chi connectivity index (χ2n) is 5.09. The first-order chi connectivity index (χ1) is 10.3. The third-order valence-electron chi connectivity index (χ3n) is 3.53. The van der Waals surface area contributed by atoms with Crippen molar-refractivity contribution in [1.29, 1.82) is 0 Å². The number of β-amino-alcohol motifs (C(OH)–C–C–N with tert-alkyl or cyclic N) is 1. The highest BCUT2D eigenvalue weighted by Crippen LogP contribution is 2.27. The van der Waals surface area contributed by atoms with Gasteiger partial charge in [-0.2, -0.15) is 4.98 Å². The Kier molecular flexibility index (Phi) is 4.28. The molecule has 0 bridgehead atoms. The van der Waals surface area contributed by atoms with E-state index in [9.17, 15) is 5.11 Å². The van der Waals surface area contributed by atoms with E-state index < -0.39 is 0 Å². The Morgan fingerprint density at radius 1 is 1.43 bits per heavy atom. The van der Waals surface area contributed by atoms with Crippen molar-refractivity contribution in [3.63, 3.8) is 0 Å². The monoisotopic (exact) mass is 289 g/mol. The molecule has 3 atom stereocenters. The number of nitrogens with one attached hydrogen (secondary N) is 1. The Bertz CT molecular complexity index is 573. The maximum absolute atomic E-state index is 9.56. The predicted octanol–water partition coefficient (Wildman–Crippen LogP) is 1.59. The Balaban J connectivity index is 1.82. The van der Waals surface area contributed by atoms with E-state index in [1.54, 1.807) is 0 Å². The average molecular weight is 289 g/mol. The van der Waals surface area contributed by atoms with Gasteiger partial charge in [-0.15, -0.1) is 0 Å². The van der Waals surface area contributed by atoms with Crippen molar-refractivity contribution in [3.05, 3.63) is 47.6 Å². The second kappa shape index (κ2) is 6.34. The summed E-state index contributed by atoms with van der Waals surface area (Å²) in [4.78, 5) is 4.45. The van der Waals surface area contributed by atoms with Crippen molar-refractivity contribution in [2.45, 2.75) is 31.6 Å². The lowest BCUT2D eigenvalue weighted by Gasteiger charge is -2.13. The zero-order valence-corrected chi connectivity index (χ0v) is 11.9. The number of aliphatic hydroxyl groups is 1. The van der Waals surface area contributed by atoms with Gasteiger partial charge in [-0.1, -0.05) is 35.5 Å². The van der Waals surface area contributed by atoms with E-state index in [-0.39, 0.29) is 18.2 Å². The Labute approximate surface area is 123 Å². The molecule has 1 saturated heterocycles. The number of ether oxygens (including phenoxy) is 1. The summed E-state index contributed by atoms with van der Waals surface area (Å²) in [5, 5.41) is 16.8. The third-order valence-corrected chi connectivity index (χ3v) is 3.53. The molecule has 21 heavy (non-hydrogen) atoms. The van der Waals surface area contributed by atoms with Crippen molar-refractivity contribution >= 4 is 0 Å². The summed E-state index contributed by atoms with van der Waals surface area (Å²) in [7, 11) is 0. The molecule has 1 aliphatic heterocycles. The van der Waals surface area contributed by atoms with E-state index in [1.807, 2.05) is 37.3 Å². The van der Waals surface area contributed by atoms with E-state index in [0.717, 1.165) is 5.56 Å². The van der Waals surface area contributed by atoms with Gasteiger partial charge in [0.2, 0.25) is 11.7 Å². The molecule has 2 N–H and O–H groups in total. The number of aromatic nitrogens is 2. The minimum absolute atomic E-state index is 0.0840. The summed E-state index contributed by atoms with van der Waals surface area (Å²) in [6, 6.07) is 9.74. The maximum atomic E-state index is 9.56. The first-order valence-electron chi connectivity index (χ1n) is 7.19. The van der Waals surface area contributed by atoms with Gasteiger partial charge in [0.05, 0.1) is 12.1 Å². The SMILES string of the molecule is CCOC(c1ccccc1)c1noc([C@@H]2C[C@@H](O)CN2)n1. The van der Waals surface area contributed by atoms with Crippen LogP contribution in [0.3, 0.4) is 0 Å². The highest BCUT2D eigenvalue weighted by Gasteiger charge is 2.29. The quantitative estimate of drug-likeness (QED) is 0.870. The second-order valence-corrected chi connectivity index (χ2v) is 5.09. The molecule has 6 heteroatoms. The van der Waals surface area contributed by atoms with Crippen molar-refractivity contribution in [3.8, 4) is 0 Å². The molecule has 3 rings (SSSR count). The number of aliphatic hydroxyl groups excluding tert-OH is 1. The summed E-state index contributed by atoms with van der Waals surface area (Å²) >= 11 is 0. The van der Waals surface area contributed by atoms with Gasteiger partial charge in [-0.25, -0.2) is 0 Å². The normalized spacial score (nSPS) is 23.3. The molecule has 0 radical (unpaired) electrons. The molecule has 0 aliphatic carbocycles. The van der Waals surface area contributed by atoms with E-state index in [0.29, 0.717) is 31.3 Å². The zero-order valence-electron chi connectivity index (χ0n) is 11.9. The van der Waals surface area contributed by atoms with E-state index in [2.05, 4.69) is 15.5 Å². The smallest absolute Gasteiger partial charge is 0.243 e. The molecular weight excluding hydrogens is 270 g/mol. The van der Waals surface area contributed by atoms with Crippen molar-refractivity contribution in [2.24, 2.45) is 0 Å². The molecule has 1 fully saturated rings. The molecule has 1 unspecified atom stereocenters. The van der Waals surface area contributed by atoms with Gasteiger partial charge in [-0.3, -0.25) is 0 Å².